The molecule has 0 aliphatic carbocycles. The van der Waals surface area contributed by atoms with E-state index >= 15 is 0 Å². The number of rotatable bonds is 9. The Morgan fingerprint density at radius 2 is 1.73 bits per heavy atom. The first-order valence-electron chi connectivity index (χ1n) is 13.8. The molecule has 0 saturated heterocycles. The van der Waals surface area contributed by atoms with Gasteiger partial charge in [0.25, 0.3) is 0 Å². The molecule has 13 heteroatoms. The predicted molar refractivity (Wildman–Crippen MR) is 172 cm³/mol. The average molecular weight is 659 g/mol. The highest BCUT2D eigenvalue weighted by atomic mass is 35.5. The van der Waals surface area contributed by atoms with Gasteiger partial charge in [-0.1, -0.05) is 23.7 Å². The number of halogens is 1. The summed E-state index contributed by atoms with van der Waals surface area (Å²) in [6.07, 6.45) is 2.18. The molecular weight excluding hydrogens is 624 g/mol. The Morgan fingerprint density at radius 3 is 2.39 bits per heavy atom. The predicted octanol–water partition coefficient (Wildman–Crippen LogP) is 6.69. The highest BCUT2D eigenvalue weighted by Gasteiger charge is 2.30. The van der Waals surface area contributed by atoms with Crippen molar-refractivity contribution >= 4 is 60.9 Å². The minimum absolute atomic E-state index is 0.00964. The fourth-order valence-electron chi connectivity index (χ4n) is 4.17. The first-order valence-corrected chi connectivity index (χ1v) is 16.5. The van der Waals surface area contributed by atoms with Gasteiger partial charge in [-0.05, 0) is 89.4 Å². The number of amides is 1. The number of benzene rings is 1. The summed E-state index contributed by atoms with van der Waals surface area (Å²) in [5, 5.41) is 1.57. The van der Waals surface area contributed by atoms with Crippen molar-refractivity contribution in [2.75, 3.05) is 11.4 Å². The van der Waals surface area contributed by atoms with Crippen molar-refractivity contribution in [3.05, 3.63) is 82.6 Å². The van der Waals surface area contributed by atoms with Gasteiger partial charge in [-0.25, -0.2) is 22.9 Å². The second kappa shape index (κ2) is 13.2. The average Bonchev–Trinajstić information content (AvgIpc) is 3.31. The van der Waals surface area contributed by atoms with Crippen molar-refractivity contribution < 1.29 is 27.5 Å². The number of nitrogens with one attached hydrogen (secondary N) is 1. The molecule has 1 aromatic carbocycles. The molecule has 1 N–H and O–H groups in total. The lowest BCUT2D eigenvalue weighted by molar-refractivity contribution is -0.153. The van der Waals surface area contributed by atoms with Gasteiger partial charge in [-0.2, -0.15) is 0 Å². The molecular formula is C31H35ClN4O6S2. The van der Waals surface area contributed by atoms with Crippen LogP contribution in [0.1, 0.15) is 58.2 Å². The van der Waals surface area contributed by atoms with Gasteiger partial charge in [0.15, 0.2) is 0 Å². The molecule has 10 nitrogen and oxygen atoms in total. The number of thiophene rings is 1. The second-order valence-electron chi connectivity index (χ2n) is 12.0. The van der Waals surface area contributed by atoms with Crippen LogP contribution < -0.4 is 9.62 Å². The summed E-state index contributed by atoms with van der Waals surface area (Å²) in [5.74, 6) is -0.565. The molecule has 4 aromatic rings. The molecule has 1 unspecified atom stereocenters. The number of aromatic nitrogens is 2. The maximum absolute atomic E-state index is 13.4. The molecule has 0 bridgehead atoms. The van der Waals surface area contributed by atoms with E-state index in [-0.39, 0.29) is 17.1 Å². The maximum Gasteiger partial charge on any atom is 0.416 e. The van der Waals surface area contributed by atoms with Crippen LogP contribution in [0.4, 0.5) is 10.6 Å². The van der Waals surface area contributed by atoms with Crippen LogP contribution in [0, 0.1) is 0 Å². The standard InChI is InChI=1S/C31H35ClN4O6S2/c1-30(2,3)41-28(37)19-36(29(38)42-31(4,5)6)27-11-7-10-24(34-27)25(35-44(39,40)23-9-8-14-33-18-23)17-22-15-20-12-13-21(32)16-26(20)43-22/h7-16,18,25,35H,17,19H2,1-6H3. The zero-order valence-corrected chi connectivity index (χ0v) is 27.7. The Hall–Kier alpha value is -3.58. The number of pyridine rings is 2. The number of fused-ring (bicyclic) bond motifs is 1. The van der Waals surface area contributed by atoms with E-state index in [1.165, 1.54) is 35.9 Å². The van der Waals surface area contributed by atoms with Gasteiger partial charge in [0.1, 0.15) is 28.5 Å². The van der Waals surface area contributed by atoms with Gasteiger partial charge in [0.05, 0.1) is 11.7 Å². The van der Waals surface area contributed by atoms with Crippen LogP contribution in [-0.4, -0.2) is 48.2 Å². The van der Waals surface area contributed by atoms with E-state index in [1.54, 1.807) is 65.8 Å². The molecule has 3 aromatic heterocycles. The molecule has 0 fully saturated rings. The van der Waals surface area contributed by atoms with Gasteiger partial charge >= 0.3 is 12.1 Å². The normalized spacial score (nSPS) is 13.0. The summed E-state index contributed by atoms with van der Waals surface area (Å²) in [4.78, 5) is 36.7. The van der Waals surface area contributed by atoms with Gasteiger partial charge in [0, 0.05) is 33.4 Å². The number of carbonyl (C=O) groups is 2. The third kappa shape index (κ3) is 9.21. The van der Waals surface area contributed by atoms with E-state index in [2.05, 4.69) is 14.7 Å². The Morgan fingerprint density at radius 1 is 1.00 bits per heavy atom. The number of esters is 1. The molecule has 0 aliphatic heterocycles. The Kier molecular flexibility index (Phi) is 9.99. The molecule has 4 rings (SSSR count). The van der Waals surface area contributed by atoms with Crippen LogP contribution in [-0.2, 0) is 30.7 Å². The minimum atomic E-state index is -4.03. The summed E-state index contributed by atoms with van der Waals surface area (Å²) in [7, 11) is -4.03. The van der Waals surface area contributed by atoms with Crippen LogP contribution >= 0.6 is 22.9 Å². The maximum atomic E-state index is 13.4. The monoisotopic (exact) mass is 658 g/mol. The fourth-order valence-corrected chi connectivity index (χ4v) is 6.73. The van der Waals surface area contributed by atoms with Crippen molar-refractivity contribution in [1.82, 2.24) is 14.7 Å². The number of ether oxygens (including phenoxy) is 2. The molecule has 0 radical (unpaired) electrons. The van der Waals surface area contributed by atoms with Crippen molar-refractivity contribution in [2.45, 2.75) is 70.1 Å². The Labute approximate surface area is 266 Å². The fraction of sp³-hybridized carbons (Fsp3) is 0.355. The summed E-state index contributed by atoms with van der Waals surface area (Å²) in [6.45, 7) is 9.84. The van der Waals surface area contributed by atoms with Gasteiger partial charge < -0.3 is 9.47 Å². The number of sulfonamides is 1. The smallest absolute Gasteiger partial charge is 0.416 e. The summed E-state index contributed by atoms with van der Waals surface area (Å²) < 4.78 is 41.6. The van der Waals surface area contributed by atoms with Crippen molar-refractivity contribution in [2.24, 2.45) is 0 Å². The van der Waals surface area contributed by atoms with E-state index in [4.69, 9.17) is 21.1 Å². The van der Waals surface area contributed by atoms with E-state index in [1.807, 2.05) is 18.2 Å². The SMILES string of the molecule is CC(C)(C)OC(=O)CN(C(=O)OC(C)(C)C)c1cccc(C(Cc2cc3ccc(Cl)cc3s2)NS(=O)(=O)c2cccnc2)n1. The van der Waals surface area contributed by atoms with Crippen LogP contribution in [0.25, 0.3) is 10.1 Å². The molecule has 3 heterocycles. The zero-order valence-electron chi connectivity index (χ0n) is 25.3. The van der Waals surface area contributed by atoms with E-state index < -0.39 is 45.9 Å². The number of carbonyl (C=O) groups excluding carboxylic acids is 2. The lowest BCUT2D eigenvalue weighted by atomic mass is 10.1. The third-order valence-electron chi connectivity index (χ3n) is 5.89. The van der Waals surface area contributed by atoms with Gasteiger partial charge in [0.2, 0.25) is 10.0 Å². The first-order chi connectivity index (χ1) is 20.5. The van der Waals surface area contributed by atoms with E-state index in [9.17, 15) is 18.0 Å². The molecule has 0 saturated carbocycles. The Bertz CT molecular complexity index is 1750. The largest absolute Gasteiger partial charge is 0.459 e. The molecule has 234 valence electrons. The third-order valence-corrected chi connectivity index (χ3v) is 8.70. The first kappa shape index (κ1) is 33.3. The zero-order chi connectivity index (χ0) is 32.3. The molecule has 1 atom stereocenters. The number of hydrogen-bond acceptors (Lipinski definition) is 9. The van der Waals surface area contributed by atoms with Crippen LogP contribution in [0.15, 0.2) is 71.9 Å². The lowest BCUT2D eigenvalue weighted by Crippen LogP contribution is -2.42. The number of hydrogen-bond donors (Lipinski definition) is 1. The molecule has 0 spiro atoms. The number of anilines is 1. The summed E-state index contributed by atoms with van der Waals surface area (Å²) >= 11 is 7.68. The molecule has 44 heavy (non-hydrogen) atoms. The van der Waals surface area contributed by atoms with Crippen molar-refractivity contribution in [3.63, 3.8) is 0 Å². The lowest BCUT2D eigenvalue weighted by Gasteiger charge is -2.28. The topological polar surface area (TPSA) is 128 Å². The van der Waals surface area contributed by atoms with Crippen molar-refractivity contribution in [1.29, 1.82) is 0 Å². The van der Waals surface area contributed by atoms with Crippen LogP contribution in [0.2, 0.25) is 5.02 Å². The van der Waals surface area contributed by atoms with Crippen LogP contribution in [0.5, 0.6) is 0 Å². The van der Waals surface area contributed by atoms with E-state index in [0.29, 0.717) is 10.7 Å². The molecule has 1 amide bonds. The minimum Gasteiger partial charge on any atom is -0.459 e. The van der Waals surface area contributed by atoms with Gasteiger partial charge in [-0.3, -0.25) is 14.7 Å². The Balaban J connectivity index is 1.74. The second-order valence-corrected chi connectivity index (χ2v) is 15.4. The van der Waals surface area contributed by atoms with Crippen LogP contribution in [0.3, 0.4) is 0 Å². The van der Waals surface area contributed by atoms with Gasteiger partial charge in [-0.15, -0.1) is 11.3 Å². The number of nitrogens with zero attached hydrogens (tertiary/aromatic N) is 3. The highest BCUT2D eigenvalue weighted by Crippen LogP contribution is 2.32. The quantitative estimate of drug-likeness (QED) is 0.197. The van der Waals surface area contributed by atoms with Crippen molar-refractivity contribution in [3.8, 4) is 0 Å². The molecule has 0 aliphatic rings. The highest BCUT2D eigenvalue weighted by molar-refractivity contribution is 7.89. The summed E-state index contributed by atoms with van der Waals surface area (Å²) in [5.41, 5.74) is -1.31. The summed E-state index contributed by atoms with van der Waals surface area (Å²) in [6, 6.07) is 14.5. The van der Waals surface area contributed by atoms with E-state index in [0.717, 1.165) is 19.9 Å².